The molecular weight excluding hydrogens is 336 g/mol. The molecular formula is C23H26N2O2. The van der Waals surface area contributed by atoms with Crippen molar-refractivity contribution in [1.29, 1.82) is 0 Å². The molecule has 1 aliphatic carbocycles. The molecule has 1 aliphatic heterocycles. The van der Waals surface area contributed by atoms with Crippen LogP contribution in [0.3, 0.4) is 0 Å². The predicted molar refractivity (Wildman–Crippen MR) is 107 cm³/mol. The normalized spacial score (nSPS) is 16.7. The molecule has 1 heterocycles. The molecule has 4 rings (SSSR count). The highest BCUT2D eigenvalue weighted by Gasteiger charge is 2.20. The van der Waals surface area contributed by atoms with Crippen molar-refractivity contribution in [1.82, 2.24) is 5.32 Å². The fourth-order valence-electron chi connectivity index (χ4n) is 4.25. The van der Waals surface area contributed by atoms with Gasteiger partial charge in [-0.25, -0.2) is 0 Å². The van der Waals surface area contributed by atoms with Gasteiger partial charge >= 0.3 is 0 Å². The van der Waals surface area contributed by atoms with E-state index in [9.17, 15) is 9.59 Å². The molecule has 0 unspecified atom stereocenters. The van der Waals surface area contributed by atoms with Gasteiger partial charge in [0.2, 0.25) is 0 Å². The Bertz CT molecular complexity index is 853. The number of nitrogens with one attached hydrogen (secondary N) is 2. The van der Waals surface area contributed by atoms with Crippen molar-refractivity contribution in [2.75, 3.05) is 11.9 Å². The Kier molecular flexibility index (Phi) is 5.23. The van der Waals surface area contributed by atoms with E-state index in [1.807, 2.05) is 36.4 Å². The minimum Gasteiger partial charge on any atom is -0.352 e. The van der Waals surface area contributed by atoms with Gasteiger partial charge in [-0.15, -0.1) is 0 Å². The second kappa shape index (κ2) is 7.95. The van der Waals surface area contributed by atoms with Gasteiger partial charge in [0.1, 0.15) is 0 Å². The monoisotopic (exact) mass is 362 g/mol. The molecule has 2 aromatic rings. The van der Waals surface area contributed by atoms with Gasteiger partial charge in [-0.1, -0.05) is 56.4 Å². The first-order valence-electron chi connectivity index (χ1n) is 10.0. The molecule has 4 heteroatoms. The second-order valence-electron chi connectivity index (χ2n) is 7.71. The van der Waals surface area contributed by atoms with Crippen molar-refractivity contribution in [3.8, 4) is 0 Å². The van der Waals surface area contributed by atoms with Crippen LogP contribution < -0.4 is 10.6 Å². The van der Waals surface area contributed by atoms with Gasteiger partial charge in [-0.3, -0.25) is 9.59 Å². The zero-order valence-electron chi connectivity index (χ0n) is 15.6. The maximum Gasteiger partial charge on any atom is 0.255 e. The van der Waals surface area contributed by atoms with E-state index in [2.05, 4.69) is 10.6 Å². The predicted octanol–water partition coefficient (Wildman–Crippen LogP) is 4.54. The molecule has 4 nitrogen and oxygen atoms in total. The van der Waals surface area contributed by atoms with Gasteiger partial charge in [0.25, 0.3) is 11.8 Å². The van der Waals surface area contributed by atoms with E-state index in [0.29, 0.717) is 17.5 Å². The summed E-state index contributed by atoms with van der Waals surface area (Å²) in [5, 5.41) is 6.01. The Morgan fingerprint density at radius 1 is 1.04 bits per heavy atom. The van der Waals surface area contributed by atoms with E-state index < -0.39 is 0 Å². The molecule has 2 aliphatic rings. The highest BCUT2D eigenvalue weighted by molar-refractivity contribution is 6.07. The van der Waals surface area contributed by atoms with Crippen molar-refractivity contribution in [3.05, 3.63) is 64.7 Å². The first-order chi connectivity index (χ1) is 13.2. The molecule has 0 spiro atoms. The number of benzene rings is 2. The highest BCUT2D eigenvalue weighted by atomic mass is 16.2. The van der Waals surface area contributed by atoms with Gasteiger partial charge in [-0.2, -0.15) is 0 Å². The molecule has 0 bridgehead atoms. The lowest BCUT2D eigenvalue weighted by Crippen LogP contribution is -2.26. The largest absolute Gasteiger partial charge is 0.352 e. The standard InChI is InChI=1S/C23H26N2O2/c26-22(24-13-12-16-6-2-1-3-7-16)19-11-10-18-14-17-8-4-5-9-20(17)23(27)25-21(18)15-19/h4-5,8-11,15-16H,1-3,6-7,12-14H2,(H,24,26)(H,25,27). The van der Waals surface area contributed by atoms with Crippen molar-refractivity contribution >= 4 is 17.5 Å². The first-order valence-corrected chi connectivity index (χ1v) is 10.0. The summed E-state index contributed by atoms with van der Waals surface area (Å²) in [5.41, 5.74) is 4.08. The van der Waals surface area contributed by atoms with Crippen molar-refractivity contribution in [3.63, 3.8) is 0 Å². The van der Waals surface area contributed by atoms with E-state index in [0.717, 1.165) is 35.7 Å². The number of fused-ring (bicyclic) bond motifs is 2. The van der Waals surface area contributed by atoms with Gasteiger partial charge < -0.3 is 10.6 Å². The summed E-state index contributed by atoms with van der Waals surface area (Å²) in [6.07, 6.45) is 8.34. The second-order valence-corrected chi connectivity index (χ2v) is 7.71. The number of carbonyl (C=O) groups excluding carboxylic acids is 2. The van der Waals surface area contributed by atoms with Crippen LogP contribution in [0.5, 0.6) is 0 Å². The van der Waals surface area contributed by atoms with Gasteiger partial charge in [0, 0.05) is 29.8 Å². The molecule has 0 aromatic heterocycles. The summed E-state index contributed by atoms with van der Waals surface area (Å²) < 4.78 is 0. The number of hydrogen-bond acceptors (Lipinski definition) is 2. The van der Waals surface area contributed by atoms with Gasteiger partial charge in [-0.05, 0) is 41.7 Å². The molecule has 1 saturated carbocycles. The summed E-state index contributed by atoms with van der Waals surface area (Å²) >= 11 is 0. The lowest BCUT2D eigenvalue weighted by Gasteiger charge is -2.21. The number of hydrogen-bond donors (Lipinski definition) is 2. The van der Waals surface area contributed by atoms with Crippen LogP contribution in [0.15, 0.2) is 42.5 Å². The van der Waals surface area contributed by atoms with Crippen molar-refractivity contribution in [2.45, 2.75) is 44.9 Å². The Labute approximate surface area is 160 Å². The summed E-state index contributed by atoms with van der Waals surface area (Å²) in [6, 6.07) is 13.3. The third kappa shape index (κ3) is 4.05. The van der Waals surface area contributed by atoms with Crippen LogP contribution in [0.2, 0.25) is 0 Å². The first kappa shape index (κ1) is 17.8. The van der Waals surface area contributed by atoms with E-state index in [4.69, 9.17) is 0 Å². The number of carbonyl (C=O) groups is 2. The average Bonchev–Trinajstić information content (AvgIpc) is 2.84. The molecule has 0 atom stereocenters. The lowest BCUT2D eigenvalue weighted by molar-refractivity contribution is 0.0949. The highest BCUT2D eigenvalue weighted by Crippen LogP contribution is 2.28. The Balaban J connectivity index is 1.43. The van der Waals surface area contributed by atoms with Crippen molar-refractivity contribution < 1.29 is 9.59 Å². The van der Waals surface area contributed by atoms with Crippen LogP contribution in [0, 0.1) is 5.92 Å². The lowest BCUT2D eigenvalue weighted by atomic mass is 9.87. The summed E-state index contributed by atoms with van der Waals surface area (Å²) in [6.45, 7) is 0.721. The number of anilines is 1. The third-order valence-corrected chi connectivity index (χ3v) is 5.83. The minimum absolute atomic E-state index is 0.0652. The molecule has 0 saturated heterocycles. The molecule has 2 N–H and O–H groups in total. The summed E-state index contributed by atoms with van der Waals surface area (Å²) in [7, 11) is 0. The number of amides is 2. The average molecular weight is 362 g/mol. The molecule has 1 fully saturated rings. The van der Waals surface area contributed by atoms with Crippen molar-refractivity contribution in [2.24, 2.45) is 5.92 Å². The maximum absolute atomic E-state index is 12.5. The third-order valence-electron chi connectivity index (χ3n) is 5.83. The van der Waals surface area contributed by atoms with Crippen LogP contribution in [0.1, 0.15) is 70.4 Å². The SMILES string of the molecule is O=C(NCCC1CCCCC1)c1ccc2c(c1)NC(=O)c1ccccc1C2. The molecule has 0 radical (unpaired) electrons. The zero-order valence-corrected chi connectivity index (χ0v) is 15.6. The van der Waals surface area contributed by atoms with E-state index in [1.165, 1.54) is 32.1 Å². The summed E-state index contributed by atoms with van der Waals surface area (Å²) in [4.78, 5) is 25.0. The Morgan fingerprint density at radius 3 is 2.70 bits per heavy atom. The zero-order chi connectivity index (χ0) is 18.6. The van der Waals surface area contributed by atoms with Crippen LogP contribution in [-0.2, 0) is 6.42 Å². The van der Waals surface area contributed by atoms with E-state index >= 15 is 0 Å². The fourth-order valence-corrected chi connectivity index (χ4v) is 4.25. The maximum atomic E-state index is 12.5. The molecule has 2 amide bonds. The molecule has 140 valence electrons. The van der Waals surface area contributed by atoms with Crippen LogP contribution in [0.4, 0.5) is 5.69 Å². The number of rotatable bonds is 4. The van der Waals surface area contributed by atoms with E-state index in [-0.39, 0.29) is 11.8 Å². The van der Waals surface area contributed by atoms with Gasteiger partial charge in [0.05, 0.1) is 0 Å². The quantitative estimate of drug-likeness (QED) is 0.839. The Morgan fingerprint density at radius 2 is 1.85 bits per heavy atom. The summed E-state index contributed by atoms with van der Waals surface area (Å²) in [5.74, 6) is 0.577. The fraction of sp³-hybridized carbons (Fsp3) is 0.391. The van der Waals surface area contributed by atoms with Crippen LogP contribution in [0.25, 0.3) is 0 Å². The van der Waals surface area contributed by atoms with E-state index in [1.54, 1.807) is 6.07 Å². The minimum atomic E-state index is -0.112. The Hall–Kier alpha value is -2.62. The van der Waals surface area contributed by atoms with Crippen LogP contribution in [-0.4, -0.2) is 18.4 Å². The topological polar surface area (TPSA) is 58.2 Å². The molecule has 2 aromatic carbocycles. The smallest absolute Gasteiger partial charge is 0.255 e. The van der Waals surface area contributed by atoms with Crippen LogP contribution >= 0.6 is 0 Å². The molecule has 27 heavy (non-hydrogen) atoms. The van der Waals surface area contributed by atoms with Gasteiger partial charge in [0.15, 0.2) is 0 Å².